The van der Waals surface area contributed by atoms with E-state index < -0.39 is 0 Å². The Bertz CT molecular complexity index is 935. The first-order valence-electron chi connectivity index (χ1n) is 10.7. The van der Waals surface area contributed by atoms with E-state index in [1.54, 1.807) is 23.1 Å². The van der Waals surface area contributed by atoms with Crippen LogP contribution in [0, 0.1) is 5.92 Å². The predicted molar refractivity (Wildman–Crippen MR) is 118 cm³/mol. The van der Waals surface area contributed by atoms with Crippen molar-refractivity contribution in [2.75, 3.05) is 43.5 Å². The first-order valence-corrected chi connectivity index (χ1v) is 11.0. The van der Waals surface area contributed by atoms with Crippen LogP contribution in [0.4, 0.5) is 11.9 Å². The number of aromatic amines is 1. The van der Waals surface area contributed by atoms with E-state index in [0.29, 0.717) is 54.2 Å². The molecule has 0 bridgehead atoms. The van der Waals surface area contributed by atoms with Crippen LogP contribution in [-0.2, 0) is 4.79 Å². The molecule has 31 heavy (non-hydrogen) atoms. The molecule has 0 saturated carbocycles. The van der Waals surface area contributed by atoms with E-state index in [1.165, 1.54) is 13.5 Å². The number of rotatable bonds is 5. The van der Waals surface area contributed by atoms with E-state index in [1.807, 2.05) is 0 Å². The molecule has 0 radical (unpaired) electrons. The maximum absolute atomic E-state index is 12.9. The van der Waals surface area contributed by atoms with Gasteiger partial charge in [0.1, 0.15) is 5.75 Å². The van der Waals surface area contributed by atoms with Crippen LogP contribution >= 0.6 is 11.6 Å². The number of benzene rings is 1. The van der Waals surface area contributed by atoms with Crippen molar-refractivity contribution in [3.8, 4) is 5.75 Å². The molecule has 1 aromatic heterocycles. The zero-order valence-electron chi connectivity index (χ0n) is 17.6. The topological polar surface area (TPSA) is 103 Å². The second-order valence-electron chi connectivity index (χ2n) is 7.93. The highest BCUT2D eigenvalue weighted by Gasteiger charge is 2.29. The number of amides is 2. The van der Waals surface area contributed by atoms with E-state index >= 15 is 0 Å². The van der Waals surface area contributed by atoms with Crippen molar-refractivity contribution >= 4 is 35.3 Å². The van der Waals surface area contributed by atoms with Gasteiger partial charge < -0.3 is 14.5 Å². The molecule has 2 aliphatic rings. The Labute approximate surface area is 186 Å². The second-order valence-corrected chi connectivity index (χ2v) is 8.37. The Balaban J connectivity index is 1.31. The zero-order chi connectivity index (χ0) is 21.8. The molecule has 166 valence electrons. The molecule has 0 spiro atoms. The van der Waals surface area contributed by atoms with E-state index in [0.717, 1.165) is 25.9 Å². The summed E-state index contributed by atoms with van der Waals surface area (Å²) in [5.74, 6) is 1.06. The van der Waals surface area contributed by atoms with Crippen LogP contribution in [-0.4, -0.2) is 65.2 Å². The third kappa shape index (κ3) is 4.92. The number of hydrogen-bond donors (Lipinski definition) is 2. The van der Waals surface area contributed by atoms with Crippen LogP contribution in [0.1, 0.15) is 42.5 Å². The van der Waals surface area contributed by atoms with Gasteiger partial charge in [-0.05, 0) is 50.3 Å². The summed E-state index contributed by atoms with van der Waals surface area (Å²) >= 11 is 6.05. The van der Waals surface area contributed by atoms with E-state index in [-0.39, 0.29) is 17.7 Å². The number of halogens is 1. The largest absolute Gasteiger partial charge is 0.496 e. The van der Waals surface area contributed by atoms with Gasteiger partial charge in [0.25, 0.3) is 5.91 Å². The molecule has 10 heteroatoms. The first kappa shape index (κ1) is 21.4. The summed E-state index contributed by atoms with van der Waals surface area (Å²) in [7, 11) is 1.52. The molecule has 0 unspecified atom stereocenters. The normalized spacial score (nSPS) is 17.5. The molecule has 3 heterocycles. The molecule has 2 N–H and O–H groups in total. The van der Waals surface area contributed by atoms with Gasteiger partial charge in [-0.15, -0.1) is 5.10 Å². The van der Waals surface area contributed by atoms with Gasteiger partial charge in [0.05, 0.1) is 12.7 Å². The van der Waals surface area contributed by atoms with Gasteiger partial charge >= 0.3 is 0 Å². The summed E-state index contributed by atoms with van der Waals surface area (Å²) < 4.78 is 5.29. The van der Waals surface area contributed by atoms with Crippen LogP contribution in [0.25, 0.3) is 0 Å². The number of anilines is 2. The predicted octanol–water partition coefficient (Wildman–Crippen LogP) is 2.95. The number of methoxy groups -OCH3 is 1. The summed E-state index contributed by atoms with van der Waals surface area (Å²) in [5.41, 5.74) is 0.435. The van der Waals surface area contributed by atoms with Crippen molar-refractivity contribution in [1.29, 1.82) is 0 Å². The zero-order valence-corrected chi connectivity index (χ0v) is 18.3. The number of carbonyl (C=O) groups is 2. The van der Waals surface area contributed by atoms with Gasteiger partial charge in [-0.1, -0.05) is 11.6 Å². The van der Waals surface area contributed by atoms with Gasteiger partial charge in [0, 0.05) is 37.1 Å². The van der Waals surface area contributed by atoms with E-state index in [4.69, 9.17) is 16.3 Å². The lowest BCUT2D eigenvalue weighted by Gasteiger charge is -2.31. The molecule has 4 rings (SSSR count). The minimum atomic E-state index is -0.186. The van der Waals surface area contributed by atoms with E-state index in [2.05, 4.69) is 25.4 Å². The van der Waals surface area contributed by atoms with Gasteiger partial charge in [-0.25, -0.2) is 5.10 Å². The van der Waals surface area contributed by atoms with Gasteiger partial charge in [-0.2, -0.15) is 4.98 Å². The number of nitrogens with one attached hydrogen (secondary N) is 2. The number of hydrogen-bond acceptors (Lipinski definition) is 6. The minimum Gasteiger partial charge on any atom is -0.496 e. The summed E-state index contributed by atoms with van der Waals surface area (Å²) in [5, 5.41) is 10.4. The Hall–Kier alpha value is -2.81. The molecule has 2 amide bonds. The minimum absolute atomic E-state index is 0.103. The lowest BCUT2D eigenvalue weighted by molar-refractivity contribution is -0.121. The molecule has 2 aromatic rings. The van der Waals surface area contributed by atoms with Crippen molar-refractivity contribution < 1.29 is 14.3 Å². The van der Waals surface area contributed by atoms with Crippen molar-refractivity contribution in [1.82, 2.24) is 20.1 Å². The number of carbonyl (C=O) groups excluding carboxylic acids is 2. The molecular weight excluding hydrogens is 420 g/mol. The average Bonchev–Trinajstić information content (AvgIpc) is 3.27. The standard InChI is InChI=1S/C21H27ClN6O3/c1-31-17-6-5-15(22)13-16(17)19(30)27-11-7-14(8-12-27)18(29)23-20-24-21(26-25-20)28-9-3-2-4-10-28/h5-6,13-14H,2-4,7-12H2,1H3,(H2,23,24,25,26,29). The molecule has 0 aliphatic carbocycles. The number of piperidine rings is 2. The number of H-pyrrole nitrogens is 1. The SMILES string of the molecule is COc1ccc(Cl)cc1C(=O)N1CCC(C(=O)Nc2nc(N3CCCCC3)n[nH]2)CC1. The lowest BCUT2D eigenvalue weighted by Crippen LogP contribution is -2.41. The monoisotopic (exact) mass is 446 g/mol. The molecule has 1 aromatic carbocycles. The third-order valence-electron chi connectivity index (χ3n) is 5.90. The summed E-state index contributed by atoms with van der Waals surface area (Å²) in [6.45, 7) is 2.86. The Morgan fingerprint density at radius 1 is 1.16 bits per heavy atom. The van der Waals surface area contributed by atoms with Crippen LogP contribution < -0.4 is 15.0 Å². The molecule has 9 nitrogen and oxygen atoms in total. The summed E-state index contributed by atoms with van der Waals surface area (Å²) in [6, 6.07) is 4.99. The highest BCUT2D eigenvalue weighted by molar-refractivity contribution is 6.31. The quantitative estimate of drug-likeness (QED) is 0.731. The number of likely N-dealkylation sites (tertiary alicyclic amines) is 1. The molecule has 0 atom stereocenters. The van der Waals surface area contributed by atoms with Crippen LogP contribution in [0.15, 0.2) is 18.2 Å². The molecule has 2 saturated heterocycles. The second kappa shape index (κ2) is 9.55. The van der Waals surface area contributed by atoms with Gasteiger partial charge in [-0.3, -0.25) is 14.9 Å². The first-order chi connectivity index (χ1) is 15.0. The van der Waals surface area contributed by atoms with Crippen molar-refractivity contribution in [2.24, 2.45) is 5.92 Å². The highest BCUT2D eigenvalue weighted by Crippen LogP contribution is 2.27. The smallest absolute Gasteiger partial charge is 0.257 e. The van der Waals surface area contributed by atoms with Gasteiger partial charge in [0.15, 0.2) is 0 Å². The Morgan fingerprint density at radius 3 is 2.61 bits per heavy atom. The fourth-order valence-electron chi connectivity index (χ4n) is 4.13. The maximum atomic E-state index is 12.9. The summed E-state index contributed by atoms with van der Waals surface area (Å²) in [6.07, 6.45) is 4.65. The number of aromatic nitrogens is 3. The Morgan fingerprint density at radius 2 is 1.90 bits per heavy atom. The van der Waals surface area contributed by atoms with Crippen molar-refractivity contribution in [3.63, 3.8) is 0 Å². The average molecular weight is 447 g/mol. The van der Waals surface area contributed by atoms with Gasteiger partial charge in [0.2, 0.25) is 17.8 Å². The number of ether oxygens (including phenoxy) is 1. The lowest BCUT2D eigenvalue weighted by atomic mass is 9.95. The van der Waals surface area contributed by atoms with E-state index in [9.17, 15) is 9.59 Å². The fraction of sp³-hybridized carbons (Fsp3) is 0.524. The molecular formula is C21H27ClN6O3. The molecule has 2 fully saturated rings. The number of nitrogens with zero attached hydrogens (tertiary/aromatic N) is 4. The fourth-order valence-corrected chi connectivity index (χ4v) is 4.30. The van der Waals surface area contributed by atoms with Crippen LogP contribution in [0.3, 0.4) is 0 Å². The van der Waals surface area contributed by atoms with Crippen LogP contribution in [0.2, 0.25) is 5.02 Å². The highest BCUT2D eigenvalue weighted by atomic mass is 35.5. The Kier molecular flexibility index (Phi) is 6.60. The van der Waals surface area contributed by atoms with Crippen molar-refractivity contribution in [2.45, 2.75) is 32.1 Å². The maximum Gasteiger partial charge on any atom is 0.257 e. The van der Waals surface area contributed by atoms with Crippen LogP contribution in [0.5, 0.6) is 5.75 Å². The summed E-state index contributed by atoms with van der Waals surface area (Å²) in [4.78, 5) is 33.9. The molecule has 2 aliphatic heterocycles. The van der Waals surface area contributed by atoms with Crippen molar-refractivity contribution in [3.05, 3.63) is 28.8 Å². The third-order valence-corrected chi connectivity index (χ3v) is 6.13.